The van der Waals surface area contributed by atoms with Crippen LogP contribution in [0.15, 0.2) is 35.2 Å². The van der Waals surface area contributed by atoms with Crippen LogP contribution < -0.4 is 0 Å². The average Bonchev–Trinajstić information content (AvgIpc) is 2.37. The van der Waals surface area contributed by atoms with Gasteiger partial charge in [0.25, 0.3) is 0 Å². The maximum Gasteiger partial charge on any atom is 0.310 e. The van der Waals surface area contributed by atoms with Gasteiger partial charge in [-0.15, -0.1) is 11.8 Å². The van der Waals surface area contributed by atoms with Gasteiger partial charge in [0.05, 0.1) is 5.92 Å². The lowest BCUT2D eigenvalue weighted by Gasteiger charge is -2.24. The third-order valence-corrected chi connectivity index (χ3v) is 4.00. The summed E-state index contributed by atoms with van der Waals surface area (Å²) in [5.74, 6) is 1.05. The first-order chi connectivity index (χ1) is 9.78. The molecule has 0 saturated heterocycles. The number of carbonyl (C=O) groups is 1. The van der Waals surface area contributed by atoms with E-state index in [1.54, 1.807) is 11.8 Å². The highest BCUT2D eigenvalue weighted by atomic mass is 32.2. The van der Waals surface area contributed by atoms with E-state index < -0.39 is 5.60 Å². The van der Waals surface area contributed by atoms with Crippen LogP contribution in [-0.4, -0.2) is 17.3 Å². The van der Waals surface area contributed by atoms with Crippen LogP contribution in [0.25, 0.3) is 0 Å². The van der Waals surface area contributed by atoms with Crippen molar-refractivity contribution in [3.63, 3.8) is 0 Å². The molecule has 0 saturated carbocycles. The molecule has 1 aromatic carbocycles. The fourth-order valence-electron chi connectivity index (χ4n) is 1.77. The molecule has 0 amide bonds. The van der Waals surface area contributed by atoms with Gasteiger partial charge in [0.2, 0.25) is 0 Å². The van der Waals surface area contributed by atoms with Crippen LogP contribution >= 0.6 is 11.8 Å². The summed E-state index contributed by atoms with van der Waals surface area (Å²) in [6, 6.07) is 10.2. The maximum absolute atomic E-state index is 12.3. The van der Waals surface area contributed by atoms with E-state index in [1.165, 1.54) is 4.90 Å². The number of hydrogen-bond donors (Lipinski definition) is 0. The van der Waals surface area contributed by atoms with Crippen molar-refractivity contribution in [2.75, 3.05) is 5.75 Å². The Hall–Kier alpha value is -0.960. The van der Waals surface area contributed by atoms with E-state index in [9.17, 15) is 4.79 Å². The monoisotopic (exact) mass is 307 g/mol. The van der Waals surface area contributed by atoms with Gasteiger partial charge in [0.1, 0.15) is 5.60 Å². The molecular weight excluding hydrogens is 280 g/mol. The fourth-order valence-corrected chi connectivity index (χ4v) is 2.78. The zero-order valence-corrected chi connectivity index (χ0v) is 14.6. The van der Waals surface area contributed by atoms with Crippen LogP contribution in [0.3, 0.4) is 0 Å². The molecule has 3 heteroatoms. The smallest absolute Gasteiger partial charge is 0.310 e. The van der Waals surface area contributed by atoms with Crippen LogP contribution in [0.2, 0.25) is 0 Å². The van der Waals surface area contributed by atoms with E-state index in [4.69, 9.17) is 4.74 Å². The first-order valence-electron chi connectivity index (χ1n) is 7.52. The van der Waals surface area contributed by atoms with Crippen LogP contribution in [0.1, 0.15) is 41.0 Å². The first kappa shape index (κ1) is 18.1. The number of carbonyl (C=O) groups excluding carboxylic acids is 1. The highest BCUT2D eigenvalue weighted by molar-refractivity contribution is 7.99. The summed E-state index contributed by atoms with van der Waals surface area (Å²) < 4.78 is 5.55. The van der Waals surface area contributed by atoms with Crippen molar-refractivity contribution in [3.05, 3.63) is 36.8 Å². The molecule has 0 heterocycles. The normalized spacial score (nSPS) is 13.2. The number of esters is 1. The number of rotatable bonds is 7. The fraction of sp³-hybridized carbons (Fsp3) is 0.556. The Labute approximate surface area is 133 Å². The molecule has 1 atom stereocenters. The summed E-state index contributed by atoms with van der Waals surface area (Å²) in [6.45, 7) is 10.0. The molecule has 1 rings (SSSR count). The lowest BCUT2D eigenvalue weighted by molar-refractivity contribution is -0.159. The minimum absolute atomic E-state index is 0.0863. The van der Waals surface area contributed by atoms with E-state index in [-0.39, 0.29) is 11.9 Å². The Kier molecular flexibility index (Phi) is 7.30. The molecule has 1 unspecified atom stereocenters. The van der Waals surface area contributed by atoms with Gasteiger partial charge in [0.15, 0.2) is 0 Å². The molecule has 0 bridgehead atoms. The summed E-state index contributed by atoms with van der Waals surface area (Å²) in [4.78, 5) is 13.5. The van der Waals surface area contributed by atoms with Gasteiger partial charge in [-0.25, -0.2) is 0 Å². The van der Waals surface area contributed by atoms with Crippen molar-refractivity contribution < 1.29 is 9.53 Å². The predicted octanol–water partition coefficient (Wildman–Crippen LogP) is 4.99. The highest BCUT2D eigenvalue weighted by Crippen LogP contribution is 2.25. The van der Waals surface area contributed by atoms with Gasteiger partial charge in [-0.1, -0.05) is 32.0 Å². The third kappa shape index (κ3) is 8.15. The second-order valence-corrected chi connectivity index (χ2v) is 7.66. The largest absolute Gasteiger partial charge is 0.460 e. The first-order valence-corrected chi connectivity index (χ1v) is 8.50. The second kappa shape index (κ2) is 8.47. The molecule has 0 fully saturated rings. The van der Waals surface area contributed by atoms with Crippen molar-refractivity contribution in [2.45, 2.75) is 51.5 Å². The van der Waals surface area contributed by atoms with Crippen molar-refractivity contribution in [2.24, 2.45) is 11.8 Å². The average molecular weight is 307 g/mol. The van der Waals surface area contributed by atoms with Crippen LogP contribution in [-0.2, 0) is 9.53 Å². The Balaban J connectivity index is 2.61. The molecule has 0 N–H and O–H groups in total. The molecule has 0 aliphatic rings. The van der Waals surface area contributed by atoms with Gasteiger partial charge in [-0.2, -0.15) is 0 Å². The zero-order chi connectivity index (χ0) is 15.9. The SMILES string of the molecule is CC(C)[CH]CC(CSc1ccccc1)C(=O)OC(C)(C)C. The van der Waals surface area contributed by atoms with E-state index in [0.717, 1.165) is 12.2 Å². The number of thioether (sulfide) groups is 1. The molecule has 0 aliphatic heterocycles. The Morgan fingerprint density at radius 3 is 2.38 bits per heavy atom. The zero-order valence-electron chi connectivity index (χ0n) is 13.8. The highest BCUT2D eigenvalue weighted by Gasteiger charge is 2.25. The Bertz CT molecular complexity index is 421. The number of hydrogen-bond acceptors (Lipinski definition) is 3. The van der Waals surface area contributed by atoms with Gasteiger partial charge >= 0.3 is 5.97 Å². The molecule has 1 radical (unpaired) electrons. The molecule has 21 heavy (non-hydrogen) atoms. The minimum Gasteiger partial charge on any atom is -0.460 e. The summed E-state index contributed by atoms with van der Waals surface area (Å²) in [7, 11) is 0. The van der Waals surface area contributed by atoms with E-state index >= 15 is 0 Å². The lowest BCUT2D eigenvalue weighted by Crippen LogP contribution is -2.30. The summed E-state index contributed by atoms with van der Waals surface area (Å²) in [5.41, 5.74) is -0.426. The molecule has 117 valence electrons. The van der Waals surface area contributed by atoms with Crippen molar-refractivity contribution in [1.29, 1.82) is 0 Å². The summed E-state index contributed by atoms with van der Waals surface area (Å²) in [6.07, 6.45) is 2.96. The van der Waals surface area contributed by atoms with Crippen molar-refractivity contribution >= 4 is 17.7 Å². The van der Waals surface area contributed by atoms with Gasteiger partial charge in [-0.3, -0.25) is 4.79 Å². The quantitative estimate of drug-likeness (QED) is 0.524. The standard InChI is InChI=1S/C18H27O2S/c1-14(2)11-12-15(17(19)20-18(3,4)5)13-21-16-9-7-6-8-10-16/h6-11,14-15H,12-13H2,1-5H3. The second-order valence-electron chi connectivity index (χ2n) is 6.57. The molecule has 2 nitrogen and oxygen atoms in total. The predicted molar refractivity (Wildman–Crippen MR) is 90.3 cm³/mol. The lowest BCUT2D eigenvalue weighted by atomic mass is 9.99. The van der Waals surface area contributed by atoms with Gasteiger partial charge in [0, 0.05) is 10.6 Å². The van der Waals surface area contributed by atoms with E-state index in [1.807, 2.05) is 39.0 Å². The van der Waals surface area contributed by atoms with E-state index in [2.05, 4.69) is 32.4 Å². The van der Waals surface area contributed by atoms with Gasteiger partial charge in [-0.05, 0) is 51.7 Å². The molecular formula is C18H27O2S. The van der Waals surface area contributed by atoms with Crippen LogP contribution in [0.4, 0.5) is 0 Å². The van der Waals surface area contributed by atoms with Crippen LogP contribution in [0.5, 0.6) is 0 Å². The number of ether oxygens (including phenoxy) is 1. The Morgan fingerprint density at radius 2 is 1.86 bits per heavy atom. The molecule has 0 aliphatic carbocycles. The topological polar surface area (TPSA) is 26.3 Å². The summed E-state index contributed by atoms with van der Waals surface area (Å²) >= 11 is 1.71. The molecule has 0 aromatic heterocycles. The Morgan fingerprint density at radius 1 is 1.24 bits per heavy atom. The molecule has 0 spiro atoms. The van der Waals surface area contributed by atoms with Gasteiger partial charge < -0.3 is 4.74 Å². The number of benzene rings is 1. The third-order valence-electron chi connectivity index (χ3n) is 2.83. The summed E-state index contributed by atoms with van der Waals surface area (Å²) in [5, 5.41) is 0. The van der Waals surface area contributed by atoms with Crippen molar-refractivity contribution in [1.82, 2.24) is 0 Å². The van der Waals surface area contributed by atoms with Crippen molar-refractivity contribution in [3.8, 4) is 0 Å². The van der Waals surface area contributed by atoms with E-state index in [0.29, 0.717) is 5.92 Å². The molecule has 1 aromatic rings. The minimum atomic E-state index is -0.426. The van der Waals surface area contributed by atoms with Crippen LogP contribution in [0, 0.1) is 18.3 Å². The maximum atomic E-state index is 12.3.